The Morgan fingerprint density at radius 3 is 2.88 bits per heavy atom. The SMILES string of the molecule is CSc1ncnc2c1nnn2C1CCCC1. The summed E-state index contributed by atoms with van der Waals surface area (Å²) in [6, 6.07) is 0.481. The molecule has 0 bridgehead atoms. The maximum atomic E-state index is 4.31. The van der Waals surface area contributed by atoms with E-state index in [1.54, 1.807) is 18.1 Å². The van der Waals surface area contributed by atoms with Gasteiger partial charge in [0, 0.05) is 0 Å². The van der Waals surface area contributed by atoms with E-state index in [9.17, 15) is 0 Å². The van der Waals surface area contributed by atoms with Crippen molar-refractivity contribution in [3.8, 4) is 0 Å². The fourth-order valence-electron chi connectivity index (χ4n) is 2.29. The van der Waals surface area contributed by atoms with Crippen molar-refractivity contribution in [1.29, 1.82) is 0 Å². The molecular weight excluding hydrogens is 222 g/mol. The predicted molar refractivity (Wildman–Crippen MR) is 62.4 cm³/mol. The molecule has 2 aromatic rings. The van der Waals surface area contributed by atoms with Crippen LogP contribution in [0.5, 0.6) is 0 Å². The summed E-state index contributed by atoms with van der Waals surface area (Å²) in [6.45, 7) is 0. The van der Waals surface area contributed by atoms with Gasteiger partial charge in [-0.15, -0.1) is 16.9 Å². The minimum Gasteiger partial charge on any atom is -0.227 e. The Balaban J connectivity index is 2.12. The summed E-state index contributed by atoms with van der Waals surface area (Å²) < 4.78 is 1.98. The third-order valence-corrected chi connectivity index (χ3v) is 3.78. The summed E-state index contributed by atoms with van der Waals surface area (Å²) in [4.78, 5) is 8.51. The van der Waals surface area contributed by atoms with Crippen LogP contribution >= 0.6 is 11.8 Å². The third kappa shape index (κ3) is 1.48. The summed E-state index contributed by atoms with van der Waals surface area (Å²) in [6.07, 6.45) is 8.55. The number of aromatic nitrogens is 5. The first-order valence-corrected chi connectivity index (χ1v) is 6.72. The van der Waals surface area contributed by atoms with Crippen molar-refractivity contribution < 1.29 is 0 Å². The van der Waals surface area contributed by atoms with E-state index in [2.05, 4.69) is 20.3 Å². The first-order valence-electron chi connectivity index (χ1n) is 5.50. The van der Waals surface area contributed by atoms with E-state index in [-0.39, 0.29) is 0 Å². The van der Waals surface area contributed by atoms with Gasteiger partial charge in [0.1, 0.15) is 11.4 Å². The lowest BCUT2D eigenvalue weighted by Gasteiger charge is -2.08. The highest BCUT2D eigenvalue weighted by Gasteiger charge is 2.21. The molecular formula is C10H13N5S. The molecule has 0 unspecified atom stereocenters. The van der Waals surface area contributed by atoms with Crippen LogP contribution in [0.25, 0.3) is 11.2 Å². The van der Waals surface area contributed by atoms with Crippen molar-refractivity contribution in [1.82, 2.24) is 25.0 Å². The molecule has 1 fully saturated rings. The number of nitrogens with zero attached hydrogens (tertiary/aromatic N) is 5. The second kappa shape index (κ2) is 4.01. The zero-order valence-corrected chi connectivity index (χ0v) is 9.94. The highest BCUT2D eigenvalue weighted by molar-refractivity contribution is 7.98. The van der Waals surface area contributed by atoms with Gasteiger partial charge >= 0.3 is 0 Å². The molecule has 6 heteroatoms. The Kier molecular flexibility index (Phi) is 2.51. The van der Waals surface area contributed by atoms with Crippen LogP contribution in [0.3, 0.4) is 0 Å². The Morgan fingerprint density at radius 1 is 1.31 bits per heavy atom. The molecule has 2 heterocycles. The fourth-order valence-corrected chi connectivity index (χ4v) is 2.77. The fraction of sp³-hybridized carbons (Fsp3) is 0.600. The topological polar surface area (TPSA) is 56.5 Å². The van der Waals surface area contributed by atoms with Crippen LogP contribution in [0, 0.1) is 0 Å². The molecule has 2 aromatic heterocycles. The molecule has 1 aliphatic carbocycles. The lowest BCUT2D eigenvalue weighted by molar-refractivity contribution is 0.464. The van der Waals surface area contributed by atoms with Gasteiger partial charge in [-0.2, -0.15) is 0 Å². The van der Waals surface area contributed by atoms with Crippen molar-refractivity contribution in [3.05, 3.63) is 6.33 Å². The van der Waals surface area contributed by atoms with Crippen LogP contribution in [0.2, 0.25) is 0 Å². The average Bonchev–Trinajstić information content (AvgIpc) is 2.96. The predicted octanol–water partition coefficient (Wildman–Crippen LogP) is 2.06. The maximum absolute atomic E-state index is 4.31. The van der Waals surface area contributed by atoms with E-state index in [1.807, 2.05) is 10.9 Å². The first kappa shape index (κ1) is 10.0. The number of fused-ring (bicyclic) bond motifs is 1. The van der Waals surface area contributed by atoms with Crippen molar-refractivity contribution >= 4 is 22.9 Å². The molecule has 0 spiro atoms. The summed E-state index contributed by atoms with van der Waals surface area (Å²) >= 11 is 1.59. The van der Waals surface area contributed by atoms with Gasteiger partial charge in [0.05, 0.1) is 6.04 Å². The largest absolute Gasteiger partial charge is 0.227 e. The van der Waals surface area contributed by atoms with Gasteiger partial charge in [-0.1, -0.05) is 18.1 Å². The smallest absolute Gasteiger partial charge is 0.183 e. The van der Waals surface area contributed by atoms with Crippen molar-refractivity contribution in [2.24, 2.45) is 0 Å². The molecule has 1 aliphatic rings. The van der Waals surface area contributed by atoms with Gasteiger partial charge in [0.15, 0.2) is 11.2 Å². The Labute approximate surface area is 97.7 Å². The number of rotatable bonds is 2. The summed E-state index contributed by atoms with van der Waals surface area (Å²) in [5.41, 5.74) is 1.72. The van der Waals surface area contributed by atoms with E-state index < -0.39 is 0 Å². The minimum atomic E-state index is 0.481. The number of hydrogen-bond donors (Lipinski definition) is 0. The van der Waals surface area contributed by atoms with Gasteiger partial charge in [0.2, 0.25) is 0 Å². The van der Waals surface area contributed by atoms with Crippen molar-refractivity contribution in [2.45, 2.75) is 36.8 Å². The van der Waals surface area contributed by atoms with Crippen LogP contribution < -0.4 is 0 Å². The van der Waals surface area contributed by atoms with Gasteiger partial charge in [0.25, 0.3) is 0 Å². The molecule has 84 valence electrons. The summed E-state index contributed by atoms with van der Waals surface area (Å²) in [5, 5.41) is 9.35. The molecule has 0 N–H and O–H groups in total. The Morgan fingerprint density at radius 2 is 2.12 bits per heavy atom. The highest BCUT2D eigenvalue weighted by atomic mass is 32.2. The molecule has 0 saturated heterocycles. The Bertz CT molecular complexity index is 503. The van der Waals surface area contributed by atoms with Gasteiger partial charge in [-0.25, -0.2) is 14.6 Å². The average molecular weight is 235 g/mol. The third-order valence-electron chi connectivity index (χ3n) is 3.09. The molecule has 1 saturated carbocycles. The number of thioether (sulfide) groups is 1. The van der Waals surface area contributed by atoms with Gasteiger partial charge in [-0.05, 0) is 19.1 Å². The molecule has 0 aromatic carbocycles. The standard InChI is InChI=1S/C10H13N5S/c1-16-10-8-9(11-6-12-10)15(14-13-8)7-4-2-3-5-7/h6-7H,2-5H2,1H3. The van der Waals surface area contributed by atoms with E-state index in [1.165, 1.54) is 25.7 Å². The van der Waals surface area contributed by atoms with Gasteiger partial charge in [-0.3, -0.25) is 0 Å². The van der Waals surface area contributed by atoms with Crippen LogP contribution in [-0.2, 0) is 0 Å². The molecule has 0 radical (unpaired) electrons. The zero-order chi connectivity index (χ0) is 11.0. The zero-order valence-electron chi connectivity index (χ0n) is 9.13. The monoisotopic (exact) mass is 235 g/mol. The van der Waals surface area contributed by atoms with Crippen LogP contribution in [0.15, 0.2) is 11.4 Å². The van der Waals surface area contributed by atoms with Crippen LogP contribution in [0.1, 0.15) is 31.7 Å². The number of hydrogen-bond acceptors (Lipinski definition) is 5. The molecule has 0 amide bonds. The van der Waals surface area contributed by atoms with E-state index in [0.29, 0.717) is 6.04 Å². The Hall–Kier alpha value is -1.17. The molecule has 16 heavy (non-hydrogen) atoms. The normalized spacial score (nSPS) is 17.3. The van der Waals surface area contributed by atoms with E-state index in [4.69, 9.17) is 0 Å². The first-order chi connectivity index (χ1) is 7.90. The minimum absolute atomic E-state index is 0.481. The molecule has 3 rings (SSSR count). The second-order valence-electron chi connectivity index (χ2n) is 4.03. The lowest BCUT2D eigenvalue weighted by atomic mass is 10.2. The van der Waals surface area contributed by atoms with Crippen LogP contribution in [-0.4, -0.2) is 31.2 Å². The highest BCUT2D eigenvalue weighted by Crippen LogP contribution is 2.31. The summed E-state index contributed by atoms with van der Waals surface area (Å²) in [7, 11) is 0. The van der Waals surface area contributed by atoms with Gasteiger partial charge < -0.3 is 0 Å². The van der Waals surface area contributed by atoms with Crippen LogP contribution in [0.4, 0.5) is 0 Å². The van der Waals surface area contributed by atoms with E-state index in [0.717, 1.165) is 16.2 Å². The van der Waals surface area contributed by atoms with Crippen molar-refractivity contribution in [2.75, 3.05) is 6.26 Å². The maximum Gasteiger partial charge on any atom is 0.183 e. The molecule has 5 nitrogen and oxygen atoms in total. The quantitative estimate of drug-likeness (QED) is 0.589. The molecule has 0 aliphatic heterocycles. The van der Waals surface area contributed by atoms with Crippen molar-refractivity contribution in [3.63, 3.8) is 0 Å². The van der Waals surface area contributed by atoms with E-state index >= 15 is 0 Å². The lowest BCUT2D eigenvalue weighted by Crippen LogP contribution is -2.07. The second-order valence-corrected chi connectivity index (χ2v) is 4.82. The molecule has 0 atom stereocenters. The summed E-state index contributed by atoms with van der Waals surface area (Å²) in [5.74, 6) is 0.